The summed E-state index contributed by atoms with van der Waals surface area (Å²) < 4.78 is 1.23. The number of hydrogen-bond acceptors (Lipinski definition) is 5. The van der Waals surface area contributed by atoms with Gasteiger partial charge in [0.05, 0.1) is 15.9 Å². The fourth-order valence-electron chi connectivity index (χ4n) is 4.11. The predicted molar refractivity (Wildman–Crippen MR) is 122 cm³/mol. The van der Waals surface area contributed by atoms with Gasteiger partial charge in [0.1, 0.15) is 0 Å². The molecule has 0 spiro atoms. The number of anilines is 1. The molecule has 2 aromatic carbocycles. The Morgan fingerprint density at radius 3 is 3.00 bits per heavy atom. The van der Waals surface area contributed by atoms with Crippen molar-refractivity contribution in [1.29, 1.82) is 0 Å². The van der Waals surface area contributed by atoms with Gasteiger partial charge in [0.25, 0.3) is 0 Å². The second-order valence-electron chi connectivity index (χ2n) is 7.49. The molecule has 1 saturated carbocycles. The van der Waals surface area contributed by atoms with Crippen LogP contribution in [0.25, 0.3) is 10.2 Å². The van der Waals surface area contributed by atoms with Gasteiger partial charge in [0, 0.05) is 24.9 Å². The minimum absolute atomic E-state index is 0.685. The van der Waals surface area contributed by atoms with Crippen LogP contribution in [-0.4, -0.2) is 39.9 Å². The van der Waals surface area contributed by atoms with Crippen molar-refractivity contribution in [1.82, 2.24) is 9.88 Å². The SMILES string of the molecule is CN1C(=Nc2cccc(CCNc3nc4ccccc4s3)c2)SC2CCC[C@H]21. The van der Waals surface area contributed by atoms with Crippen LogP contribution >= 0.6 is 23.1 Å². The number of aromatic nitrogens is 1. The first-order chi connectivity index (χ1) is 13.8. The maximum Gasteiger partial charge on any atom is 0.183 e. The quantitative estimate of drug-likeness (QED) is 0.602. The summed E-state index contributed by atoms with van der Waals surface area (Å²) in [6.45, 7) is 0.874. The molecule has 28 heavy (non-hydrogen) atoms. The Morgan fingerprint density at radius 1 is 1.18 bits per heavy atom. The smallest absolute Gasteiger partial charge is 0.183 e. The standard InChI is InChI=1S/C22H24N4S2/c1-26-18-9-5-11-20(18)28-22(26)24-16-7-4-6-15(14-16)12-13-23-21-25-17-8-2-3-10-19(17)27-21/h2-4,6-8,10,14,18,20H,5,9,11-13H2,1H3,(H,23,25)/t18-,20?/m1/s1. The van der Waals surface area contributed by atoms with Crippen molar-refractivity contribution < 1.29 is 0 Å². The van der Waals surface area contributed by atoms with E-state index in [0.717, 1.165) is 34.6 Å². The Bertz CT molecular complexity index is 979. The van der Waals surface area contributed by atoms with Gasteiger partial charge in [-0.05, 0) is 49.1 Å². The lowest BCUT2D eigenvalue weighted by Gasteiger charge is -2.19. The number of hydrogen-bond donors (Lipinski definition) is 1. The largest absolute Gasteiger partial charge is 0.361 e. The molecule has 1 aliphatic heterocycles. The number of benzene rings is 2. The van der Waals surface area contributed by atoms with E-state index < -0.39 is 0 Å². The Morgan fingerprint density at radius 2 is 2.11 bits per heavy atom. The molecule has 1 N–H and O–H groups in total. The van der Waals surface area contributed by atoms with Crippen molar-refractivity contribution in [3.63, 3.8) is 0 Å². The second kappa shape index (κ2) is 7.76. The van der Waals surface area contributed by atoms with E-state index in [1.807, 2.05) is 17.8 Å². The van der Waals surface area contributed by atoms with Gasteiger partial charge in [-0.1, -0.05) is 53.8 Å². The van der Waals surface area contributed by atoms with Gasteiger partial charge in [0.2, 0.25) is 0 Å². The topological polar surface area (TPSA) is 40.5 Å². The summed E-state index contributed by atoms with van der Waals surface area (Å²) in [5.74, 6) is 0. The zero-order valence-corrected chi connectivity index (χ0v) is 17.6. The number of thiazole rings is 1. The van der Waals surface area contributed by atoms with Crippen LogP contribution in [0.15, 0.2) is 53.5 Å². The van der Waals surface area contributed by atoms with Crippen LogP contribution in [0.1, 0.15) is 24.8 Å². The molecule has 0 amide bonds. The van der Waals surface area contributed by atoms with E-state index in [4.69, 9.17) is 4.99 Å². The van der Waals surface area contributed by atoms with Crippen LogP contribution in [0.4, 0.5) is 10.8 Å². The fourth-order valence-corrected chi connectivity index (χ4v) is 6.49. The maximum absolute atomic E-state index is 4.95. The number of thioether (sulfide) groups is 1. The van der Waals surface area contributed by atoms with Crippen LogP contribution in [0, 0.1) is 0 Å². The van der Waals surface area contributed by atoms with Crippen LogP contribution in [-0.2, 0) is 6.42 Å². The van der Waals surface area contributed by atoms with Crippen molar-refractivity contribution >= 4 is 49.3 Å². The zero-order valence-electron chi connectivity index (χ0n) is 16.0. The molecule has 1 saturated heterocycles. The van der Waals surface area contributed by atoms with Crippen LogP contribution in [0.2, 0.25) is 0 Å². The Balaban J connectivity index is 1.23. The van der Waals surface area contributed by atoms with Crippen molar-refractivity contribution in [2.75, 3.05) is 18.9 Å². The van der Waals surface area contributed by atoms with E-state index in [0.29, 0.717) is 6.04 Å². The van der Waals surface area contributed by atoms with Crippen molar-refractivity contribution in [3.8, 4) is 0 Å². The summed E-state index contributed by atoms with van der Waals surface area (Å²) in [7, 11) is 2.20. The molecule has 0 bridgehead atoms. The van der Waals surface area contributed by atoms with E-state index in [1.165, 1.54) is 34.7 Å². The van der Waals surface area contributed by atoms with Crippen LogP contribution in [0.3, 0.4) is 0 Å². The Hall–Kier alpha value is -2.05. The lowest BCUT2D eigenvalue weighted by atomic mass is 10.1. The highest BCUT2D eigenvalue weighted by Crippen LogP contribution is 2.41. The monoisotopic (exact) mass is 408 g/mol. The number of rotatable bonds is 5. The summed E-state index contributed by atoms with van der Waals surface area (Å²) in [6, 6.07) is 17.6. The van der Waals surface area contributed by atoms with Gasteiger partial charge < -0.3 is 10.2 Å². The first-order valence-corrected chi connectivity index (χ1v) is 11.6. The van der Waals surface area contributed by atoms with Crippen molar-refractivity contribution in [2.24, 2.45) is 4.99 Å². The van der Waals surface area contributed by atoms with Crippen LogP contribution in [0.5, 0.6) is 0 Å². The lowest BCUT2D eigenvalue weighted by Crippen LogP contribution is -2.30. The second-order valence-corrected chi connectivity index (χ2v) is 9.73. The van der Waals surface area contributed by atoms with E-state index in [-0.39, 0.29) is 0 Å². The molecule has 2 atom stereocenters. The molecule has 0 radical (unpaired) electrons. The number of nitrogens with one attached hydrogen (secondary N) is 1. The third kappa shape index (κ3) is 3.63. The number of amidine groups is 1. The van der Waals surface area contributed by atoms with Gasteiger partial charge in [-0.3, -0.25) is 0 Å². The molecular formula is C22H24N4S2. The molecule has 144 valence electrons. The minimum Gasteiger partial charge on any atom is -0.361 e. The van der Waals surface area contributed by atoms with Gasteiger partial charge in [-0.2, -0.15) is 0 Å². The molecule has 2 fully saturated rings. The summed E-state index contributed by atoms with van der Waals surface area (Å²) in [6.07, 6.45) is 4.96. The number of aliphatic imine (C=N–C) groups is 1. The summed E-state index contributed by atoms with van der Waals surface area (Å²) in [5, 5.41) is 6.38. The van der Waals surface area contributed by atoms with Gasteiger partial charge in [-0.15, -0.1) is 0 Å². The van der Waals surface area contributed by atoms with Gasteiger partial charge in [-0.25, -0.2) is 9.98 Å². The van der Waals surface area contributed by atoms with E-state index >= 15 is 0 Å². The molecule has 3 aromatic rings. The summed E-state index contributed by atoms with van der Waals surface area (Å²) in [4.78, 5) is 12.0. The van der Waals surface area contributed by atoms with Crippen molar-refractivity contribution in [3.05, 3.63) is 54.1 Å². The fraction of sp³-hybridized carbons (Fsp3) is 0.364. The maximum atomic E-state index is 4.95. The molecule has 1 aromatic heterocycles. The summed E-state index contributed by atoms with van der Waals surface area (Å²) in [5.41, 5.74) is 3.43. The van der Waals surface area contributed by atoms with E-state index in [2.05, 4.69) is 64.7 Å². The van der Waals surface area contributed by atoms with Crippen LogP contribution < -0.4 is 5.32 Å². The van der Waals surface area contributed by atoms with Gasteiger partial charge >= 0.3 is 0 Å². The molecular weight excluding hydrogens is 384 g/mol. The number of fused-ring (bicyclic) bond motifs is 2. The minimum atomic E-state index is 0.685. The normalized spacial score (nSPS) is 22.9. The highest BCUT2D eigenvalue weighted by atomic mass is 32.2. The third-order valence-electron chi connectivity index (χ3n) is 5.59. The Labute approximate surface area is 174 Å². The molecule has 1 aliphatic carbocycles. The predicted octanol–water partition coefficient (Wildman–Crippen LogP) is 5.54. The average Bonchev–Trinajstić information content (AvgIpc) is 3.39. The highest BCUT2D eigenvalue weighted by Gasteiger charge is 2.39. The number of nitrogens with zero attached hydrogens (tertiary/aromatic N) is 3. The van der Waals surface area contributed by atoms with E-state index in [9.17, 15) is 0 Å². The molecule has 2 aliphatic rings. The summed E-state index contributed by atoms with van der Waals surface area (Å²) >= 11 is 3.68. The van der Waals surface area contributed by atoms with Crippen molar-refractivity contribution in [2.45, 2.75) is 37.0 Å². The zero-order chi connectivity index (χ0) is 18.9. The average molecular weight is 409 g/mol. The first kappa shape index (κ1) is 18.0. The number of para-hydroxylation sites is 1. The molecule has 6 heteroatoms. The first-order valence-electron chi connectivity index (χ1n) is 9.93. The lowest BCUT2D eigenvalue weighted by molar-refractivity contribution is 0.397. The molecule has 4 nitrogen and oxygen atoms in total. The third-order valence-corrected chi connectivity index (χ3v) is 8.03. The van der Waals surface area contributed by atoms with Gasteiger partial charge in [0.15, 0.2) is 10.3 Å². The van der Waals surface area contributed by atoms with E-state index in [1.54, 1.807) is 11.3 Å². The molecule has 1 unspecified atom stereocenters. The Kier molecular flexibility index (Phi) is 4.99. The molecule has 5 rings (SSSR count). The molecule has 2 heterocycles. The highest BCUT2D eigenvalue weighted by molar-refractivity contribution is 8.14.